The van der Waals surface area contributed by atoms with Crippen molar-refractivity contribution < 1.29 is 9.59 Å². The third-order valence-electron chi connectivity index (χ3n) is 2.97. The Kier molecular flexibility index (Phi) is 2.88. The number of carbonyl (C=O) groups is 2. The molecule has 1 aliphatic heterocycles. The van der Waals surface area contributed by atoms with Gasteiger partial charge in [-0.15, -0.1) is 0 Å². The number of nitrogens with zero attached hydrogens (tertiary/aromatic N) is 2. The molecule has 5 nitrogen and oxygen atoms in total. The summed E-state index contributed by atoms with van der Waals surface area (Å²) in [5.74, 6) is -1.07. The summed E-state index contributed by atoms with van der Waals surface area (Å²) in [5.41, 5.74) is 6.47. The van der Waals surface area contributed by atoms with Crippen LogP contribution in [0.1, 0.15) is 20.7 Å². The summed E-state index contributed by atoms with van der Waals surface area (Å²) in [5, 5.41) is 0.503. The molecule has 2 aromatic rings. The van der Waals surface area contributed by atoms with E-state index in [0.29, 0.717) is 5.02 Å². The molecule has 0 saturated heterocycles. The van der Waals surface area contributed by atoms with E-state index in [1.54, 1.807) is 0 Å². The predicted molar refractivity (Wildman–Crippen MR) is 76.3 cm³/mol. The molecule has 2 amide bonds. The van der Waals surface area contributed by atoms with Crippen LogP contribution < -0.4 is 10.6 Å². The summed E-state index contributed by atoms with van der Waals surface area (Å²) >= 11 is 11.8. The smallest absolute Gasteiger partial charge is 0.268 e. The van der Waals surface area contributed by atoms with Gasteiger partial charge in [0.05, 0.1) is 33.1 Å². The lowest BCUT2D eigenvalue weighted by Crippen LogP contribution is -2.29. The summed E-state index contributed by atoms with van der Waals surface area (Å²) in [7, 11) is 0. The van der Waals surface area contributed by atoms with E-state index in [1.807, 2.05) is 0 Å². The maximum absolute atomic E-state index is 12.4. The molecule has 0 spiro atoms. The van der Waals surface area contributed by atoms with Gasteiger partial charge in [-0.25, -0.2) is 4.90 Å². The monoisotopic (exact) mass is 307 g/mol. The zero-order valence-electron chi connectivity index (χ0n) is 9.93. The van der Waals surface area contributed by atoms with Crippen LogP contribution in [0.2, 0.25) is 10.0 Å². The second-order valence-electron chi connectivity index (χ2n) is 4.19. The topological polar surface area (TPSA) is 76.3 Å². The number of hydrogen-bond acceptors (Lipinski definition) is 4. The second-order valence-corrected chi connectivity index (χ2v) is 5.04. The molecule has 2 N–H and O–H groups in total. The molecular formula is C13H7Cl2N3O2. The number of carbonyl (C=O) groups excluding carboxylic acids is 2. The summed E-state index contributed by atoms with van der Waals surface area (Å²) < 4.78 is 0. The van der Waals surface area contributed by atoms with Crippen molar-refractivity contribution in [2.45, 2.75) is 0 Å². The molecule has 20 heavy (non-hydrogen) atoms. The summed E-state index contributed by atoms with van der Waals surface area (Å²) in [6, 6.07) is 4.45. The normalized spacial score (nSPS) is 13.8. The van der Waals surface area contributed by atoms with Crippen molar-refractivity contribution in [1.82, 2.24) is 4.98 Å². The first kappa shape index (κ1) is 12.9. The van der Waals surface area contributed by atoms with E-state index in [2.05, 4.69) is 4.98 Å². The number of amides is 2. The van der Waals surface area contributed by atoms with Crippen LogP contribution in [0.4, 0.5) is 11.4 Å². The lowest BCUT2D eigenvalue weighted by Gasteiger charge is -2.13. The van der Waals surface area contributed by atoms with Gasteiger partial charge in [0.15, 0.2) is 0 Å². The minimum Gasteiger partial charge on any atom is -0.398 e. The molecular weight excluding hydrogens is 301 g/mol. The fourth-order valence-electron chi connectivity index (χ4n) is 2.11. The van der Waals surface area contributed by atoms with Gasteiger partial charge in [-0.1, -0.05) is 23.2 Å². The van der Waals surface area contributed by atoms with Crippen LogP contribution in [-0.2, 0) is 0 Å². The number of nitrogens with two attached hydrogens (primary N) is 1. The highest BCUT2D eigenvalue weighted by Crippen LogP contribution is 2.36. The lowest BCUT2D eigenvalue weighted by molar-refractivity contribution is 0.0926. The molecule has 3 rings (SSSR count). The van der Waals surface area contributed by atoms with Gasteiger partial charge in [-0.05, 0) is 18.2 Å². The fraction of sp³-hybridized carbons (Fsp3) is 0. The molecule has 1 aromatic carbocycles. The van der Waals surface area contributed by atoms with Crippen molar-refractivity contribution in [2.75, 3.05) is 10.6 Å². The van der Waals surface area contributed by atoms with Gasteiger partial charge in [0.25, 0.3) is 11.8 Å². The number of fused-ring (bicyclic) bond motifs is 1. The molecule has 0 bridgehead atoms. The number of rotatable bonds is 1. The maximum atomic E-state index is 12.4. The predicted octanol–water partition coefficient (Wildman–Crippen LogP) is 2.77. The standard InChI is InChI=1S/C13H7Cl2N3O2/c14-6-3-7(5-17-4-6)18-12(19)10-8(15)1-2-9(16)11(10)13(18)20/h1-5H,16H2. The van der Waals surface area contributed by atoms with E-state index in [9.17, 15) is 9.59 Å². The number of nitrogen functional groups attached to an aromatic ring is 1. The number of halogens is 2. The SMILES string of the molecule is Nc1ccc(Cl)c2c1C(=O)N(c1cncc(Cl)c1)C2=O. The quantitative estimate of drug-likeness (QED) is 0.649. The Bertz CT molecular complexity index is 720. The summed E-state index contributed by atoms with van der Waals surface area (Å²) in [4.78, 5) is 29.6. The molecule has 1 aromatic heterocycles. The van der Waals surface area contributed by atoms with Gasteiger partial charge in [0.1, 0.15) is 0 Å². The van der Waals surface area contributed by atoms with Crippen molar-refractivity contribution >= 4 is 46.4 Å². The molecule has 2 heterocycles. The van der Waals surface area contributed by atoms with Gasteiger partial charge in [-0.3, -0.25) is 14.6 Å². The van der Waals surface area contributed by atoms with Crippen LogP contribution in [0.25, 0.3) is 0 Å². The summed E-state index contributed by atoms with van der Waals surface area (Å²) in [6.45, 7) is 0. The van der Waals surface area contributed by atoms with Gasteiger partial charge >= 0.3 is 0 Å². The Balaban J connectivity index is 2.20. The van der Waals surface area contributed by atoms with Crippen LogP contribution >= 0.6 is 23.2 Å². The van der Waals surface area contributed by atoms with Crippen LogP contribution in [0.15, 0.2) is 30.6 Å². The molecule has 0 radical (unpaired) electrons. The largest absolute Gasteiger partial charge is 0.398 e. The number of pyridine rings is 1. The number of anilines is 2. The van der Waals surface area contributed by atoms with Crippen molar-refractivity contribution in [2.24, 2.45) is 0 Å². The van der Waals surface area contributed by atoms with E-state index in [1.165, 1.54) is 30.6 Å². The van der Waals surface area contributed by atoms with Crippen molar-refractivity contribution in [3.05, 3.63) is 51.8 Å². The Hall–Kier alpha value is -2.11. The first-order valence-corrected chi connectivity index (χ1v) is 6.33. The Morgan fingerprint density at radius 2 is 1.75 bits per heavy atom. The third kappa shape index (κ3) is 1.75. The minimum atomic E-state index is -0.536. The van der Waals surface area contributed by atoms with E-state index >= 15 is 0 Å². The average molecular weight is 308 g/mol. The van der Waals surface area contributed by atoms with Crippen molar-refractivity contribution in [3.63, 3.8) is 0 Å². The highest BCUT2D eigenvalue weighted by molar-refractivity contribution is 6.43. The lowest BCUT2D eigenvalue weighted by atomic mass is 10.1. The maximum Gasteiger partial charge on any atom is 0.268 e. The number of hydrogen-bond donors (Lipinski definition) is 1. The molecule has 0 fully saturated rings. The number of imide groups is 1. The minimum absolute atomic E-state index is 0.108. The Morgan fingerprint density at radius 1 is 1.05 bits per heavy atom. The second kappa shape index (κ2) is 4.47. The third-order valence-corrected chi connectivity index (χ3v) is 3.49. The molecule has 1 aliphatic rings. The van der Waals surface area contributed by atoms with Gasteiger partial charge < -0.3 is 5.73 Å². The number of aromatic nitrogens is 1. The van der Waals surface area contributed by atoms with Crippen molar-refractivity contribution in [1.29, 1.82) is 0 Å². The first-order chi connectivity index (χ1) is 9.50. The van der Waals surface area contributed by atoms with E-state index in [-0.39, 0.29) is 27.5 Å². The van der Waals surface area contributed by atoms with Gasteiger partial charge in [0, 0.05) is 11.9 Å². The van der Waals surface area contributed by atoms with Crippen LogP contribution in [-0.4, -0.2) is 16.8 Å². The fourth-order valence-corrected chi connectivity index (χ4v) is 2.51. The average Bonchev–Trinajstić information content (AvgIpc) is 2.67. The van der Waals surface area contributed by atoms with Gasteiger partial charge in [-0.2, -0.15) is 0 Å². The Labute approximate surface area is 123 Å². The van der Waals surface area contributed by atoms with Gasteiger partial charge in [0.2, 0.25) is 0 Å². The molecule has 0 atom stereocenters. The Morgan fingerprint density at radius 3 is 2.40 bits per heavy atom. The highest BCUT2D eigenvalue weighted by atomic mass is 35.5. The number of benzene rings is 1. The first-order valence-electron chi connectivity index (χ1n) is 5.58. The molecule has 0 aliphatic carbocycles. The van der Waals surface area contributed by atoms with Crippen LogP contribution in [0.5, 0.6) is 0 Å². The van der Waals surface area contributed by atoms with Crippen molar-refractivity contribution in [3.8, 4) is 0 Å². The zero-order valence-corrected chi connectivity index (χ0v) is 11.4. The van der Waals surface area contributed by atoms with Crippen LogP contribution in [0.3, 0.4) is 0 Å². The molecule has 0 saturated carbocycles. The molecule has 100 valence electrons. The van der Waals surface area contributed by atoms with E-state index in [4.69, 9.17) is 28.9 Å². The van der Waals surface area contributed by atoms with E-state index < -0.39 is 11.8 Å². The molecule has 0 unspecified atom stereocenters. The van der Waals surface area contributed by atoms with Crippen LogP contribution in [0, 0.1) is 0 Å². The highest BCUT2D eigenvalue weighted by Gasteiger charge is 2.40. The molecule has 7 heteroatoms. The van der Waals surface area contributed by atoms with E-state index in [0.717, 1.165) is 4.90 Å². The summed E-state index contributed by atoms with van der Waals surface area (Å²) in [6.07, 6.45) is 2.78. The zero-order chi connectivity index (χ0) is 14.4.